The summed E-state index contributed by atoms with van der Waals surface area (Å²) >= 11 is 0. The van der Waals surface area contributed by atoms with Crippen molar-refractivity contribution in [2.45, 2.75) is 0 Å². The number of hydrogen-bond donors (Lipinski definition) is 2. The van der Waals surface area contributed by atoms with E-state index in [9.17, 15) is 10.2 Å². The van der Waals surface area contributed by atoms with Crippen LogP contribution in [0.2, 0.25) is 0 Å². The van der Waals surface area contributed by atoms with Crippen LogP contribution in [0.3, 0.4) is 0 Å². The average molecular weight is 238 g/mol. The van der Waals surface area contributed by atoms with E-state index >= 15 is 0 Å². The van der Waals surface area contributed by atoms with Crippen molar-refractivity contribution >= 4 is 11.4 Å². The molecule has 0 amide bonds. The molecule has 3 rings (SSSR count). The zero-order valence-corrected chi connectivity index (χ0v) is 9.41. The van der Waals surface area contributed by atoms with E-state index in [0.717, 1.165) is 11.1 Å². The SMILES string of the molecule is OC1=C(O)c2ccccc2-c2ccccc2/N=N\1. The number of fused-ring (bicyclic) bond motifs is 3. The molecule has 0 radical (unpaired) electrons. The van der Waals surface area contributed by atoms with E-state index in [1.54, 1.807) is 12.1 Å². The highest BCUT2D eigenvalue weighted by Gasteiger charge is 2.17. The van der Waals surface area contributed by atoms with E-state index < -0.39 is 5.88 Å². The van der Waals surface area contributed by atoms with Gasteiger partial charge in [0.05, 0.1) is 5.69 Å². The summed E-state index contributed by atoms with van der Waals surface area (Å²) in [4.78, 5) is 0. The topological polar surface area (TPSA) is 65.2 Å². The predicted octanol–water partition coefficient (Wildman–Crippen LogP) is 4.19. The Kier molecular flexibility index (Phi) is 2.34. The van der Waals surface area contributed by atoms with Crippen LogP contribution in [0, 0.1) is 0 Å². The molecule has 4 nitrogen and oxygen atoms in total. The third-order valence-corrected chi connectivity index (χ3v) is 2.84. The zero-order chi connectivity index (χ0) is 12.5. The third kappa shape index (κ3) is 1.55. The predicted molar refractivity (Wildman–Crippen MR) is 68.6 cm³/mol. The molecule has 0 unspecified atom stereocenters. The molecule has 4 heteroatoms. The van der Waals surface area contributed by atoms with Gasteiger partial charge >= 0.3 is 0 Å². The van der Waals surface area contributed by atoms with Gasteiger partial charge in [0, 0.05) is 11.1 Å². The Morgan fingerprint density at radius 1 is 0.667 bits per heavy atom. The van der Waals surface area contributed by atoms with Gasteiger partial charge in [0.1, 0.15) is 0 Å². The van der Waals surface area contributed by atoms with E-state index in [2.05, 4.69) is 10.2 Å². The summed E-state index contributed by atoms with van der Waals surface area (Å²) in [6.45, 7) is 0. The fraction of sp³-hybridized carbons (Fsp3) is 0. The van der Waals surface area contributed by atoms with Crippen LogP contribution in [-0.2, 0) is 0 Å². The van der Waals surface area contributed by atoms with Gasteiger partial charge in [-0.1, -0.05) is 42.5 Å². The minimum atomic E-state index is -0.475. The highest BCUT2D eigenvalue weighted by atomic mass is 16.3. The monoisotopic (exact) mass is 238 g/mol. The van der Waals surface area contributed by atoms with Crippen LogP contribution in [0.25, 0.3) is 16.9 Å². The first-order chi connectivity index (χ1) is 8.77. The Labute approximate surface area is 104 Å². The van der Waals surface area contributed by atoms with E-state index in [1.807, 2.05) is 36.4 Å². The molecule has 0 bridgehead atoms. The minimum Gasteiger partial charge on any atom is -0.503 e. The molecule has 1 aliphatic rings. The molecule has 88 valence electrons. The fourth-order valence-corrected chi connectivity index (χ4v) is 1.98. The number of aliphatic hydroxyl groups is 2. The normalized spacial score (nSPS) is 15.3. The lowest BCUT2D eigenvalue weighted by Gasteiger charge is -2.13. The molecular formula is C14H10N2O2. The first kappa shape index (κ1) is 10.5. The standard InChI is InChI=1S/C14H10N2O2/c17-13-11-7-2-1-5-9(11)10-6-3-4-8-12(10)15-16-14(13)18/h1-8,17H,(H,16,18). The number of azo groups is 1. The van der Waals surface area contributed by atoms with E-state index in [-0.39, 0.29) is 5.76 Å². The number of aliphatic hydroxyl groups excluding tert-OH is 2. The highest BCUT2D eigenvalue weighted by Crippen LogP contribution is 2.37. The molecular weight excluding hydrogens is 228 g/mol. The number of rotatable bonds is 0. The number of hydrogen-bond acceptors (Lipinski definition) is 4. The van der Waals surface area contributed by atoms with Crippen LogP contribution in [-0.4, -0.2) is 10.2 Å². The summed E-state index contributed by atoms with van der Waals surface area (Å²) in [5.74, 6) is -0.735. The van der Waals surface area contributed by atoms with Crippen LogP contribution in [0.1, 0.15) is 5.56 Å². The maximum atomic E-state index is 9.94. The maximum absolute atomic E-state index is 9.94. The Balaban J connectivity index is 2.39. The second-order valence-corrected chi connectivity index (χ2v) is 3.93. The van der Waals surface area contributed by atoms with Crippen LogP contribution in [0.15, 0.2) is 64.6 Å². The molecule has 1 aliphatic heterocycles. The van der Waals surface area contributed by atoms with Crippen LogP contribution in [0.5, 0.6) is 0 Å². The van der Waals surface area contributed by atoms with Crippen molar-refractivity contribution < 1.29 is 10.2 Å². The smallest absolute Gasteiger partial charge is 0.274 e. The van der Waals surface area contributed by atoms with Gasteiger partial charge < -0.3 is 10.2 Å². The quantitative estimate of drug-likeness (QED) is 0.722. The molecule has 1 heterocycles. The summed E-state index contributed by atoms with van der Waals surface area (Å²) in [6, 6.07) is 14.7. The van der Waals surface area contributed by atoms with Gasteiger partial charge in [-0.15, -0.1) is 10.2 Å². The van der Waals surface area contributed by atoms with Crippen molar-refractivity contribution in [3.8, 4) is 11.1 Å². The van der Waals surface area contributed by atoms with Crippen molar-refractivity contribution in [3.63, 3.8) is 0 Å². The molecule has 0 fully saturated rings. The fourth-order valence-electron chi connectivity index (χ4n) is 1.98. The zero-order valence-electron chi connectivity index (χ0n) is 9.41. The molecule has 0 saturated carbocycles. The van der Waals surface area contributed by atoms with Gasteiger partial charge in [0.15, 0.2) is 5.76 Å². The van der Waals surface area contributed by atoms with Crippen molar-refractivity contribution in [1.29, 1.82) is 0 Å². The Morgan fingerprint density at radius 2 is 1.28 bits per heavy atom. The molecule has 0 aromatic heterocycles. The van der Waals surface area contributed by atoms with Gasteiger partial charge in [-0.25, -0.2) is 0 Å². The van der Waals surface area contributed by atoms with E-state index in [0.29, 0.717) is 11.3 Å². The summed E-state index contributed by atoms with van der Waals surface area (Å²) in [7, 11) is 0. The second kappa shape index (κ2) is 4.00. The molecule has 0 aliphatic carbocycles. The minimum absolute atomic E-state index is 0.260. The van der Waals surface area contributed by atoms with Crippen molar-refractivity contribution in [3.05, 3.63) is 60.0 Å². The molecule has 0 saturated heterocycles. The molecule has 2 aromatic rings. The molecule has 2 N–H and O–H groups in total. The van der Waals surface area contributed by atoms with E-state index in [4.69, 9.17) is 0 Å². The largest absolute Gasteiger partial charge is 0.503 e. The molecule has 0 atom stereocenters. The maximum Gasteiger partial charge on any atom is 0.274 e. The number of nitrogens with zero attached hydrogens (tertiary/aromatic N) is 2. The van der Waals surface area contributed by atoms with Gasteiger partial charge in [-0.3, -0.25) is 0 Å². The molecule has 18 heavy (non-hydrogen) atoms. The van der Waals surface area contributed by atoms with Gasteiger partial charge in [-0.05, 0) is 11.6 Å². The Morgan fingerprint density at radius 3 is 2.06 bits per heavy atom. The highest BCUT2D eigenvalue weighted by molar-refractivity contribution is 5.85. The molecule has 2 aromatic carbocycles. The van der Waals surface area contributed by atoms with Crippen LogP contribution >= 0.6 is 0 Å². The lowest BCUT2D eigenvalue weighted by atomic mass is 9.97. The van der Waals surface area contributed by atoms with E-state index in [1.165, 1.54) is 0 Å². The average Bonchev–Trinajstić information content (AvgIpc) is 2.43. The number of benzene rings is 2. The third-order valence-electron chi connectivity index (χ3n) is 2.84. The van der Waals surface area contributed by atoms with Gasteiger partial charge in [0.2, 0.25) is 0 Å². The summed E-state index contributed by atoms with van der Waals surface area (Å²) in [5.41, 5.74) is 2.89. The Hall–Kier alpha value is -2.62. The van der Waals surface area contributed by atoms with Crippen molar-refractivity contribution in [2.24, 2.45) is 10.2 Å². The first-order valence-electron chi connectivity index (χ1n) is 5.50. The lowest BCUT2D eigenvalue weighted by molar-refractivity contribution is 0.371. The summed E-state index contributed by atoms with van der Waals surface area (Å²) in [5, 5.41) is 27.1. The summed E-state index contributed by atoms with van der Waals surface area (Å²) in [6.07, 6.45) is 0. The van der Waals surface area contributed by atoms with Crippen molar-refractivity contribution in [2.75, 3.05) is 0 Å². The Bertz CT molecular complexity index is 675. The van der Waals surface area contributed by atoms with Gasteiger partial charge in [0.25, 0.3) is 5.88 Å². The van der Waals surface area contributed by atoms with Crippen LogP contribution in [0.4, 0.5) is 5.69 Å². The van der Waals surface area contributed by atoms with Gasteiger partial charge in [-0.2, -0.15) is 0 Å². The lowest BCUT2D eigenvalue weighted by Crippen LogP contribution is -1.94. The summed E-state index contributed by atoms with van der Waals surface area (Å²) < 4.78 is 0. The second-order valence-electron chi connectivity index (χ2n) is 3.93. The molecule has 0 spiro atoms. The first-order valence-corrected chi connectivity index (χ1v) is 5.50. The van der Waals surface area contributed by atoms with Crippen molar-refractivity contribution in [1.82, 2.24) is 0 Å². The van der Waals surface area contributed by atoms with Crippen LogP contribution < -0.4 is 0 Å².